The monoisotopic (exact) mass is 271 g/mol. The number of hydrogen-bond acceptors (Lipinski definition) is 4. The molecule has 1 heterocycles. The van der Waals surface area contributed by atoms with Crippen molar-refractivity contribution in [1.29, 1.82) is 0 Å². The summed E-state index contributed by atoms with van der Waals surface area (Å²) in [7, 11) is 0. The molecule has 102 valence electrons. The van der Waals surface area contributed by atoms with Crippen molar-refractivity contribution >= 4 is 17.4 Å². The highest BCUT2D eigenvalue weighted by atomic mass is 32.1. The van der Waals surface area contributed by atoms with Gasteiger partial charge in [-0.05, 0) is 26.7 Å². The van der Waals surface area contributed by atoms with E-state index >= 15 is 0 Å². The van der Waals surface area contributed by atoms with Crippen LogP contribution < -0.4 is 10.6 Å². The normalized spacial score (nSPS) is 14.0. The van der Waals surface area contributed by atoms with Gasteiger partial charge < -0.3 is 15.7 Å². The Labute approximate surface area is 112 Å². The second kappa shape index (κ2) is 7.33. The smallest absolute Gasteiger partial charge is 0.315 e. The van der Waals surface area contributed by atoms with Crippen LogP contribution in [0.3, 0.4) is 0 Å². The number of thiazole rings is 1. The van der Waals surface area contributed by atoms with Gasteiger partial charge >= 0.3 is 6.03 Å². The lowest BCUT2D eigenvalue weighted by Gasteiger charge is -2.15. The summed E-state index contributed by atoms with van der Waals surface area (Å²) in [6, 6.07) is -0.259. The Morgan fingerprint density at radius 2 is 2.33 bits per heavy atom. The fourth-order valence-corrected chi connectivity index (χ4v) is 2.41. The number of aliphatic hydroxyl groups excluding tert-OH is 1. The van der Waals surface area contributed by atoms with Crippen LogP contribution in [0.1, 0.15) is 43.4 Å². The maximum absolute atomic E-state index is 11.6. The van der Waals surface area contributed by atoms with E-state index in [4.69, 9.17) is 5.11 Å². The molecule has 0 saturated heterocycles. The van der Waals surface area contributed by atoms with E-state index in [1.807, 2.05) is 19.2 Å². The first kappa shape index (κ1) is 14.9. The molecule has 2 atom stereocenters. The van der Waals surface area contributed by atoms with Gasteiger partial charge in [-0.3, -0.25) is 0 Å². The van der Waals surface area contributed by atoms with Crippen LogP contribution in [0.2, 0.25) is 0 Å². The zero-order valence-corrected chi connectivity index (χ0v) is 11.9. The first-order chi connectivity index (χ1) is 8.52. The quantitative estimate of drug-likeness (QED) is 0.740. The van der Waals surface area contributed by atoms with Crippen molar-refractivity contribution in [2.45, 2.75) is 45.8 Å². The van der Waals surface area contributed by atoms with Crippen molar-refractivity contribution in [3.63, 3.8) is 0 Å². The van der Waals surface area contributed by atoms with E-state index in [1.165, 1.54) is 0 Å². The van der Waals surface area contributed by atoms with Crippen molar-refractivity contribution < 1.29 is 9.90 Å². The standard InChI is InChI=1S/C12H21N3O2S/c1-4-10(11-14-8(2)7-18-11)15-12(17)13-6-5-9(3)16/h7,9-10,16H,4-6H2,1-3H3,(H2,13,15,17). The third-order valence-corrected chi connectivity index (χ3v) is 3.57. The molecule has 1 aromatic rings. The minimum Gasteiger partial charge on any atom is -0.393 e. The Hall–Kier alpha value is -1.14. The third-order valence-electron chi connectivity index (χ3n) is 2.50. The maximum atomic E-state index is 11.6. The summed E-state index contributed by atoms with van der Waals surface area (Å²) in [6.07, 6.45) is 0.964. The summed E-state index contributed by atoms with van der Waals surface area (Å²) in [5, 5.41) is 17.6. The Balaban J connectivity index is 2.41. The van der Waals surface area contributed by atoms with Crippen LogP contribution in [-0.2, 0) is 0 Å². The van der Waals surface area contributed by atoms with Gasteiger partial charge in [-0.25, -0.2) is 9.78 Å². The number of nitrogens with zero attached hydrogens (tertiary/aromatic N) is 1. The van der Waals surface area contributed by atoms with Gasteiger partial charge in [0.2, 0.25) is 0 Å². The molecule has 0 saturated carbocycles. The van der Waals surface area contributed by atoms with Gasteiger partial charge in [0, 0.05) is 17.6 Å². The van der Waals surface area contributed by atoms with Crippen molar-refractivity contribution in [2.24, 2.45) is 0 Å². The summed E-state index contributed by atoms with van der Waals surface area (Å²) in [5.41, 5.74) is 0.977. The third kappa shape index (κ3) is 5.01. The molecule has 0 aromatic carbocycles. The average molecular weight is 271 g/mol. The van der Waals surface area contributed by atoms with Crippen molar-refractivity contribution in [1.82, 2.24) is 15.6 Å². The van der Waals surface area contributed by atoms with Gasteiger partial charge in [-0.1, -0.05) is 6.92 Å². The predicted molar refractivity (Wildman–Crippen MR) is 72.7 cm³/mol. The minimum absolute atomic E-state index is 0.0461. The highest BCUT2D eigenvalue weighted by Gasteiger charge is 2.15. The highest BCUT2D eigenvalue weighted by molar-refractivity contribution is 7.09. The molecule has 0 bridgehead atoms. The van der Waals surface area contributed by atoms with E-state index in [9.17, 15) is 4.79 Å². The largest absolute Gasteiger partial charge is 0.393 e. The Kier molecular flexibility index (Phi) is 6.07. The molecular formula is C12H21N3O2S. The lowest BCUT2D eigenvalue weighted by atomic mass is 10.2. The number of aryl methyl sites for hydroxylation is 1. The minimum atomic E-state index is -0.395. The first-order valence-corrected chi connectivity index (χ1v) is 7.05. The molecule has 0 aliphatic heterocycles. The molecule has 5 nitrogen and oxygen atoms in total. The fraction of sp³-hybridized carbons (Fsp3) is 0.667. The lowest BCUT2D eigenvalue weighted by molar-refractivity contribution is 0.183. The molecule has 1 rings (SSSR count). The summed E-state index contributed by atoms with van der Waals surface area (Å²) in [6.45, 7) is 6.12. The van der Waals surface area contributed by atoms with E-state index < -0.39 is 6.10 Å². The number of urea groups is 1. The molecule has 0 fully saturated rings. The van der Waals surface area contributed by atoms with E-state index in [0.717, 1.165) is 17.1 Å². The Bertz CT molecular complexity index is 379. The molecule has 0 aliphatic carbocycles. The number of carbonyl (C=O) groups excluding carboxylic acids is 1. The van der Waals surface area contributed by atoms with Crippen molar-refractivity contribution in [3.8, 4) is 0 Å². The highest BCUT2D eigenvalue weighted by Crippen LogP contribution is 2.20. The SMILES string of the molecule is CCC(NC(=O)NCCC(C)O)c1nc(C)cs1. The second-order valence-corrected chi connectivity index (χ2v) is 5.22. The van der Waals surface area contributed by atoms with E-state index in [0.29, 0.717) is 13.0 Å². The fourth-order valence-electron chi connectivity index (χ4n) is 1.47. The van der Waals surface area contributed by atoms with Crippen molar-refractivity contribution in [2.75, 3.05) is 6.54 Å². The molecule has 1 aromatic heterocycles. The van der Waals surface area contributed by atoms with Gasteiger partial charge in [0.25, 0.3) is 0 Å². The Morgan fingerprint density at radius 1 is 1.61 bits per heavy atom. The number of aliphatic hydroxyl groups is 1. The summed E-state index contributed by atoms with van der Waals surface area (Å²) in [5.74, 6) is 0. The van der Waals surface area contributed by atoms with Gasteiger partial charge in [0.15, 0.2) is 0 Å². The second-order valence-electron chi connectivity index (χ2n) is 4.33. The number of hydrogen-bond donors (Lipinski definition) is 3. The molecule has 3 N–H and O–H groups in total. The van der Waals surface area contributed by atoms with Crippen LogP contribution in [0.25, 0.3) is 0 Å². The van der Waals surface area contributed by atoms with Crippen LogP contribution >= 0.6 is 11.3 Å². The average Bonchev–Trinajstić information content (AvgIpc) is 2.72. The number of aromatic nitrogens is 1. The van der Waals surface area contributed by atoms with Gasteiger partial charge in [-0.2, -0.15) is 0 Å². The van der Waals surface area contributed by atoms with Crippen LogP contribution in [0.4, 0.5) is 4.79 Å². The van der Waals surface area contributed by atoms with Gasteiger partial charge in [0.1, 0.15) is 5.01 Å². The zero-order chi connectivity index (χ0) is 13.5. The van der Waals surface area contributed by atoms with Crippen LogP contribution in [0.5, 0.6) is 0 Å². The number of carbonyl (C=O) groups is 1. The number of rotatable bonds is 6. The lowest BCUT2D eigenvalue weighted by Crippen LogP contribution is -2.38. The molecular weight excluding hydrogens is 250 g/mol. The number of amides is 2. The van der Waals surface area contributed by atoms with Crippen LogP contribution in [0, 0.1) is 6.92 Å². The predicted octanol–water partition coefficient (Wildman–Crippen LogP) is 1.97. The molecule has 0 radical (unpaired) electrons. The molecule has 6 heteroatoms. The van der Waals surface area contributed by atoms with Crippen LogP contribution in [-0.4, -0.2) is 28.8 Å². The summed E-state index contributed by atoms with van der Waals surface area (Å²) < 4.78 is 0. The van der Waals surface area contributed by atoms with Gasteiger partial charge in [0.05, 0.1) is 12.1 Å². The topological polar surface area (TPSA) is 74.2 Å². The van der Waals surface area contributed by atoms with Crippen LogP contribution in [0.15, 0.2) is 5.38 Å². The van der Waals surface area contributed by atoms with E-state index in [-0.39, 0.29) is 12.1 Å². The van der Waals surface area contributed by atoms with E-state index in [2.05, 4.69) is 15.6 Å². The molecule has 2 unspecified atom stereocenters. The Morgan fingerprint density at radius 3 is 2.83 bits per heavy atom. The summed E-state index contributed by atoms with van der Waals surface area (Å²) >= 11 is 1.56. The van der Waals surface area contributed by atoms with Gasteiger partial charge in [-0.15, -0.1) is 11.3 Å². The molecule has 18 heavy (non-hydrogen) atoms. The number of nitrogens with one attached hydrogen (secondary N) is 2. The first-order valence-electron chi connectivity index (χ1n) is 6.17. The maximum Gasteiger partial charge on any atom is 0.315 e. The summed E-state index contributed by atoms with van der Waals surface area (Å²) in [4.78, 5) is 16.0. The molecule has 0 aliphatic rings. The van der Waals surface area contributed by atoms with E-state index in [1.54, 1.807) is 18.3 Å². The molecule has 2 amide bonds. The van der Waals surface area contributed by atoms with Crippen molar-refractivity contribution in [3.05, 3.63) is 16.1 Å². The molecule has 0 spiro atoms. The zero-order valence-electron chi connectivity index (χ0n) is 11.1.